The molecule has 100 valence electrons. The number of aliphatic hydroxyl groups excluding tert-OH is 1. The number of hydrogen-bond donors (Lipinski definition) is 1. The third kappa shape index (κ3) is 3.31. The number of hydrogen-bond acceptors (Lipinski definition) is 2. The van der Waals surface area contributed by atoms with E-state index >= 15 is 0 Å². The molecule has 0 spiro atoms. The summed E-state index contributed by atoms with van der Waals surface area (Å²) < 4.78 is 14.0. The third-order valence-electron chi connectivity index (χ3n) is 3.61. The molecule has 1 aliphatic heterocycles. The largest absolute Gasteiger partial charge is 0.395 e. The number of rotatable bonds is 3. The van der Waals surface area contributed by atoms with Crippen molar-refractivity contribution in [1.29, 1.82) is 0 Å². The fourth-order valence-corrected chi connectivity index (χ4v) is 2.93. The van der Waals surface area contributed by atoms with Gasteiger partial charge in [-0.15, -0.1) is 0 Å². The molecule has 1 N–H and O–H groups in total. The second-order valence-corrected chi connectivity index (χ2v) is 5.66. The molecular weight excluding hydrogens is 297 g/mol. The maximum absolute atomic E-state index is 13.5. The molecule has 2 rings (SSSR count). The average Bonchev–Trinajstić information content (AvgIpc) is 2.60. The second kappa shape index (κ2) is 6.64. The normalized spacial score (nSPS) is 21.8. The summed E-state index contributed by atoms with van der Waals surface area (Å²) in [7, 11) is 0. The molecule has 1 atom stereocenters. The lowest BCUT2D eigenvalue weighted by atomic mass is 10.1. The Bertz CT molecular complexity index is 399. The summed E-state index contributed by atoms with van der Waals surface area (Å²) in [5.74, 6) is -0.220. The fourth-order valence-electron chi connectivity index (χ4n) is 2.54. The van der Waals surface area contributed by atoms with Crippen LogP contribution in [0.15, 0.2) is 22.7 Å². The van der Waals surface area contributed by atoms with Crippen molar-refractivity contribution in [3.8, 4) is 0 Å². The van der Waals surface area contributed by atoms with Crippen LogP contribution in [0.5, 0.6) is 0 Å². The van der Waals surface area contributed by atoms with Crippen LogP contribution in [0.4, 0.5) is 4.39 Å². The van der Waals surface area contributed by atoms with Gasteiger partial charge in [-0.25, -0.2) is 4.39 Å². The Morgan fingerprint density at radius 3 is 2.94 bits per heavy atom. The lowest BCUT2D eigenvalue weighted by molar-refractivity contribution is 0.118. The summed E-state index contributed by atoms with van der Waals surface area (Å²) in [5.41, 5.74) is 0.954. The Hall–Kier alpha value is -0.450. The fraction of sp³-hybridized carbons (Fsp3) is 0.571. The minimum Gasteiger partial charge on any atom is -0.395 e. The van der Waals surface area contributed by atoms with Crippen LogP contribution in [0.1, 0.15) is 31.2 Å². The number of nitrogens with zero attached hydrogens (tertiary/aromatic N) is 1. The molecule has 0 saturated carbocycles. The van der Waals surface area contributed by atoms with Gasteiger partial charge in [-0.05, 0) is 46.9 Å². The van der Waals surface area contributed by atoms with Crippen LogP contribution in [-0.4, -0.2) is 29.2 Å². The van der Waals surface area contributed by atoms with Crippen molar-refractivity contribution >= 4 is 15.9 Å². The van der Waals surface area contributed by atoms with Gasteiger partial charge in [-0.3, -0.25) is 4.90 Å². The van der Waals surface area contributed by atoms with E-state index in [9.17, 15) is 9.50 Å². The predicted octanol–water partition coefficient (Wildman–Crippen LogP) is 3.33. The smallest absolute Gasteiger partial charge is 0.137 e. The molecule has 1 heterocycles. The molecule has 0 aromatic heterocycles. The van der Waals surface area contributed by atoms with Crippen molar-refractivity contribution in [2.75, 3.05) is 13.2 Å². The van der Waals surface area contributed by atoms with Crippen LogP contribution < -0.4 is 0 Å². The average molecular weight is 316 g/mol. The SMILES string of the molecule is OCC1CCCCCN1Cc1cccc(F)c1Br. The van der Waals surface area contributed by atoms with Crippen molar-refractivity contribution in [3.05, 3.63) is 34.1 Å². The van der Waals surface area contributed by atoms with Crippen molar-refractivity contribution in [3.63, 3.8) is 0 Å². The van der Waals surface area contributed by atoms with Crippen LogP contribution in [0, 0.1) is 5.82 Å². The Kier molecular flexibility index (Phi) is 5.15. The van der Waals surface area contributed by atoms with Gasteiger partial charge in [0.25, 0.3) is 0 Å². The minimum absolute atomic E-state index is 0.187. The van der Waals surface area contributed by atoms with Gasteiger partial charge in [0, 0.05) is 12.6 Å². The van der Waals surface area contributed by atoms with Crippen LogP contribution in [-0.2, 0) is 6.54 Å². The van der Waals surface area contributed by atoms with Gasteiger partial charge in [0.05, 0.1) is 11.1 Å². The highest BCUT2D eigenvalue weighted by atomic mass is 79.9. The molecule has 1 saturated heterocycles. The molecule has 18 heavy (non-hydrogen) atoms. The third-order valence-corrected chi connectivity index (χ3v) is 4.50. The van der Waals surface area contributed by atoms with Crippen molar-refractivity contribution in [2.45, 2.75) is 38.3 Å². The minimum atomic E-state index is -0.220. The Labute approximate surface area is 116 Å². The summed E-state index contributed by atoms with van der Waals surface area (Å²) in [6.07, 6.45) is 4.58. The van der Waals surface area contributed by atoms with E-state index in [2.05, 4.69) is 20.8 Å². The van der Waals surface area contributed by atoms with Crippen LogP contribution in [0.2, 0.25) is 0 Å². The van der Waals surface area contributed by atoms with Gasteiger partial charge in [0.1, 0.15) is 5.82 Å². The highest BCUT2D eigenvalue weighted by Crippen LogP contribution is 2.25. The van der Waals surface area contributed by atoms with Crippen molar-refractivity contribution in [2.24, 2.45) is 0 Å². The van der Waals surface area contributed by atoms with E-state index < -0.39 is 0 Å². The Morgan fingerprint density at radius 2 is 2.17 bits per heavy atom. The summed E-state index contributed by atoms with van der Waals surface area (Å²) in [4.78, 5) is 2.27. The Balaban J connectivity index is 2.12. The monoisotopic (exact) mass is 315 g/mol. The summed E-state index contributed by atoms with van der Waals surface area (Å²) in [6.45, 7) is 1.87. The molecule has 0 aliphatic carbocycles. The maximum Gasteiger partial charge on any atom is 0.137 e. The van der Waals surface area contributed by atoms with E-state index in [0.29, 0.717) is 11.0 Å². The molecule has 1 aliphatic rings. The lowest BCUT2D eigenvalue weighted by Gasteiger charge is -2.28. The van der Waals surface area contributed by atoms with E-state index in [4.69, 9.17) is 0 Å². The lowest BCUT2D eigenvalue weighted by Crippen LogP contribution is -2.37. The Morgan fingerprint density at radius 1 is 1.33 bits per heavy atom. The number of halogens is 2. The molecule has 1 aromatic rings. The number of benzene rings is 1. The molecule has 1 unspecified atom stereocenters. The highest BCUT2D eigenvalue weighted by Gasteiger charge is 2.21. The zero-order valence-corrected chi connectivity index (χ0v) is 12.0. The van der Waals surface area contributed by atoms with Crippen LogP contribution >= 0.6 is 15.9 Å². The molecule has 1 fully saturated rings. The van der Waals surface area contributed by atoms with E-state index in [1.807, 2.05) is 6.07 Å². The van der Waals surface area contributed by atoms with Gasteiger partial charge >= 0.3 is 0 Å². The van der Waals surface area contributed by atoms with Crippen molar-refractivity contribution < 1.29 is 9.50 Å². The second-order valence-electron chi connectivity index (χ2n) is 4.87. The zero-order valence-electron chi connectivity index (χ0n) is 10.4. The zero-order chi connectivity index (χ0) is 13.0. The van der Waals surface area contributed by atoms with Crippen LogP contribution in [0.25, 0.3) is 0 Å². The molecule has 1 aromatic carbocycles. The van der Waals surface area contributed by atoms with E-state index in [1.165, 1.54) is 18.9 Å². The van der Waals surface area contributed by atoms with Crippen molar-refractivity contribution in [1.82, 2.24) is 4.90 Å². The first-order valence-electron chi connectivity index (χ1n) is 6.50. The van der Waals surface area contributed by atoms with E-state index in [0.717, 1.165) is 24.9 Å². The van der Waals surface area contributed by atoms with Gasteiger partial charge in [-0.2, -0.15) is 0 Å². The molecule has 0 radical (unpaired) electrons. The highest BCUT2D eigenvalue weighted by molar-refractivity contribution is 9.10. The summed E-state index contributed by atoms with van der Waals surface area (Å²) in [5, 5.41) is 9.46. The molecular formula is C14H19BrFNO. The van der Waals surface area contributed by atoms with E-state index in [1.54, 1.807) is 6.07 Å². The first-order chi connectivity index (χ1) is 8.72. The standard InChI is InChI=1S/C14H19BrFNO/c15-14-11(5-4-7-13(14)16)9-17-8-3-1-2-6-12(17)10-18/h4-5,7,12,18H,1-3,6,8-10H2. The summed E-state index contributed by atoms with van der Waals surface area (Å²) in [6, 6.07) is 5.34. The predicted molar refractivity (Wildman–Crippen MR) is 73.9 cm³/mol. The summed E-state index contributed by atoms with van der Waals surface area (Å²) >= 11 is 3.30. The van der Waals surface area contributed by atoms with Gasteiger partial charge < -0.3 is 5.11 Å². The molecule has 4 heteroatoms. The topological polar surface area (TPSA) is 23.5 Å². The maximum atomic E-state index is 13.5. The van der Waals surface area contributed by atoms with Crippen LogP contribution in [0.3, 0.4) is 0 Å². The molecule has 2 nitrogen and oxygen atoms in total. The first kappa shape index (κ1) is 14.0. The quantitative estimate of drug-likeness (QED) is 0.925. The molecule has 0 bridgehead atoms. The van der Waals surface area contributed by atoms with Gasteiger partial charge in [0.15, 0.2) is 0 Å². The van der Waals surface area contributed by atoms with E-state index in [-0.39, 0.29) is 18.5 Å². The van der Waals surface area contributed by atoms with Gasteiger partial charge in [0.2, 0.25) is 0 Å². The number of aliphatic hydroxyl groups is 1. The first-order valence-corrected chi connectivity index (χ1v) is 7.29. The van der Waals surface area contributed by atoms with Gasteiger partial charge in [-0.1, -0.05) is 25.0 Å². The number of likely N-dealkylation sites (tertiary alicyclic amines) is 1. The molecule has 0 amide bonds.